The molecule has 1 aliphatic rings. The average Bonchev–Trinajstić information content (AvgIpc) is 3.28. The number of benzene rings is 3. The second-order valence-corrected chi connectivity index (χ2v) is 8.12. The van der Waals surface area contributed by atoms with E-state index in [1.165, 1.54) is 17.8 Å². The second-order valence-electron chi connectivity index (χ2n) is 6.94. The molecule has 2 amide bonds. The Kier molecular flexibility index (Phi) is 6.52. The highest BCUT2D eigenvalue weighted by Crippen LogP contribution is 2.39. The molecular formula is C24H21FN2O3S. The quantitative estimate of drug-likeness (QED) is 0.607. The molecular weight excluding hydrogens is 415 g/mol. The van der Waals surface area contributed by atoms with Crippen LogP contribution in [0.4, 0.5) is 10.1 Å². The number of nitrogens with one attached hydrogen (secondary N) is 1. The number of rotatable bonds is 6. The van der Waals surface area contributed by atoms with Gasteiger partial charge >= 0.3 is 0 Å². The summed E-state index contributed by atoms with van der Waals surface area (Å²) in [6.07, 6.45) is 0. The molecule has 3 aromatic rings. The van der Waals surface area contributed by atoms with E-state index in [4.69, 9.17) is 4.74 Å². The molecule has 31 heavy (non-hydrogen) atoms. The number of thioether (sulfide) groups is 1. The van der Waals surface area contributed by atoms with Gasteiger partial charge in [0.15, 0.2) is 6.61 Å². The van der Waals surface area contributed by atoms with Crippen molar-refractivity contribution < 1.29 is 18.7 Å². The number of carbonyl (C=O) groups excluding carboxylic acids is 2. The number of carbonyl (C=O) groups is 2. The molecule has 5 nitrogen and oxygen atoms in total. The molecule has 0 spiro atoms. The number of para-hydroxylation sites is 2. The Morgan fingerprint density at radius 1 is 1.00 bits per heavy atom. The van der Waals surface area contributed by atoms with Crippen molar-refractivity contribution in [2.75, 3.05) is 24.2 Å². The molecule has 0 aromatic heterocycles. The van der Waals surface area contributed by atoms with Gasteiger partial charge in [-0.1, -0.05) is 48.5 Å². The summed E-state index contributed by atoms with van der Waals surface area (Å²) in [6.45, 7) is 0.281. The lowest BCUT2D eigenvalue weighted by Crippen LogP contribution is -2.34. The van der Waals surface area contributed by atoms with Crippen LogP contribution in [0.1, 0.15) is 21.3 Å². The van der Waals surface area contributed by atoms with E-state index < -0.39 is 0 Å². The summed E-state index contributed by atoms with van der Waals surface area (Å²) in [5.74, 6) is 0.134. The highest BCUT2D eigenvalue weighted by atomic mass is 32.2. The van der Waals surface area contributed by atoms with Crippen molar-refractivity contribution in [1.29, 1.82) is 0 Å². The maximum absolute atomic E-state index is 14.2. The first kappa shape index (κ1) is 20.9. The monoisotopic (exact) mass is 436 g/mol. The summed E-state index contributed by atoms with van der Waals surface area (Å²) in [4.78, 5) is 27.2. The Morgan fingerprint density at radius 3 is 2.52 bits per heavy atom. The highest BCUT2D eigenvalue weighted by molar-refractivity contribution is 7.99. The van der Waals surface area contributed by atoms with Gasteiger partial charge in [-0.05, 0) is 30.3 Å². The van der Waals surface area contributed by atoms with Crippen LogP contribution in [-0.4, -0.2) is 35.6 Å². The molecule has 3 aromatic carbocycles. The Labute approximate surface area is 184 Å². The molecule has 0 unspecified atom stereocenters. The van der Waals surface area contributed by atoms with E-state index in [1.807, 2.05) is 18.2 Å². The second kappa shape index (κ2) is 9.66. The Hall–Kier alpha value is -3.32. The zero-order valence-electron chi connectivity index (χ0n) is 16.7. The number of hydrogen-bond donors (Lipinski definition) is 1. The Bertz CT molecular complexity index is 1080. The van der Waals surface area contributed by atoms with Crippen LogP contribution >= 0.6 is 11.8 Å². The van der Waals surface area contributed by atoms with Crippen molar-refractivity contribution >= 4 is 29.3 Å². The van der Waals surface area contributed by atoms with Crippen LogP contribution < -0.4 is 10.1 Å². The number of hydrogen-bond acceptors (Lipinski definition) is 4. The van der Waals surface area contributed by atoms with Crippen molar-refractivity contribution in [2.24, 2.45) is 0 Å². The summed E-state index contributed by atoms with van der Waals surface area (Å²) in [5.41, 5.74) is 1.49. The van der Waals surface area contributed by atoms with E-state index in [9.17, 15) is 14.0 Å². The molecule has 4 rings (SSSR count). The van der Waals surface area contributed by atoms with Crippen molar-refractivity contribution in [3.63, 3.8) is 0 Å². The molecule has 1 atom stereocenters. The van der Waals surface area contributed by atoms with Gasteiger partial charge in [0.1, 0.15) is 16.9 Å². The van der Waals surface area contributed by atoms with Gasteiger partial charge in [0.2, 0.25) is 0 Å². The van der Waals surface area contributed by atoms with E-state index in [2.05, 4.69) is 5.32 Å². The third kappa shape index (κ3) is 4.88. The molecule has 1 saturated heterocycles. The number of ether oxygens (including phenoxy) is 1. The number of nitrogens with zero attached hydrogens (tertiary/aromatic N) is 1. The molecule has 0 radical (unpaired) electrons. The van der Waals surface area contributed by atoms with Crippen LogP contribution in [0, 0.1) is 5.82 Å². The van der Waals surface area contributed by atoms with Gasteiger partial charge in [0, 0.05) is 23.5 Å². The summed E-state index contributed by atoms with van der Waals surface area (Å²) in [5, 5.41) is 2.44. The Morgan fingerprint density at radius 2 is 1.71 bits per heavy atom. The van der Waals surface area contributed by atoms with Gasteiger partial charge in [-0.3, -0.25) is 9.59 Å². The topological polar surface area (TPSA) is 58.6 Å². The van der Waals surface area contributed by atoms with Gasteiger partial charge in [-0.15, -0.1) is 11.8 Å². The van der Waals surface area contributed by atoms with Gasteiger partial charge in [-0.25, -0.2) is 4.39 Å². The van der Waals surface area contributed by atoms with E-state index in [0.717, 1.165) is 5.75 Å². The predicted molar refractivity (Wildman–Crippen MR) is 120 cm³/mol. The first-order valence-electron chi connectivity index (χ1n) is 9.87. The molecule has 0 bridgehead atoms. The fraction of sp³-hybridized carbons (Fsp3) is 0.167. The molecule has 1 heterocycles. The molecule has 1 aliphatic heterocycles. The van der Waals surface area contributed by atoms with Gasteiger partial charge in [-0.2, -0.15) is 0 Å². The van der Waals surface area contributed by atoms with E-state index in [1.54, 1.807) is 59.5 Å². The van der Waals surface area contributed by atoms with Gasteiger partial charge in [0.25, 0.3) is 11.8 Å². The predicted octanol–water partition coefficient (Wildman–Crippen LogP) is 4.73. The zero-order valence-corrected chi connectivity index (χ0v) is 17.5. The zero-order chi connectivity index (χ0) is 21.6. The van der Waals surface area contributed by atoms with Crippen molar-refractivity contribution in [3.8, 4) is 5.75 Å². The van der Waals surface area contributed by atoms with Crippen LogP contribution in [0.25, 0.3) is 0 Å². The third-order valence-corrected chi connectivity index (χ3v) is 6.14. The lowest BCUT2D eigenvalue weighted by atomic mass is 10.2. The van der Waals surface area contributed by atoms with Gasteiger partial charge < -0.3 is 15.0 Å². The lowest BCUT2D eigenvalue weighted by molar-refractivity contribution is -0.133. The van der Waals surface area contributed by atoms with Crippen LogP contribution in [-0.2, 0) is 4.79 Å². The minimum Gasteiger partial charge on any atom is -0.483 e. The summed E-state index contributed by atoms with van der Waals surface area (Å²) >= 11 is 1.52. The SMILES string of the molecule is O=C(Nc1ccccc1)c1ccccc1OCC(=O)N1CCS[C@H]1c1ccccc1F. The molecule has 0 aliphatic carbocycles. The summed E-state index contributed by atoms with van der Waals surface area (Å²) in [6, 6.07) is 22.4. The first-order chi connectivity index (χ1) is 15.1. The third-order valence-electron chi connectivity index (χ3n) is 4.90. The molecule has 158 valence electrons. The fourth-order valence-corrected chi connectivity index (χ4v) is 4.68. The maximum atomic E-state index is 14.2. The van der Waals surface area contributed by atoms with E-state index >= 15 is 0 Å². The standard InChI is InChI=1S/C24H21FN2O3S/c25-20-12-6-4-10-18(20)24-27(14-15-31-24)22(28)16-30-21-13-7-5-11-19(21)23(29)26-17-8-2-1-3-9-17/h1-13,24H,14-16H2,(H,26,29)/t24-/m0/s1. The van der Waals surface area contributed by atoms with Crippen LogP contribution in [0.5, 0.6) is 5.75 Å². The van der Waals surface area contributed by atoms with Crippen molar-refractivity contribution in [3.05, 3.63) is 95.8 Å². The Balaban J connectivity index is 1.44. The maximum Gasteiger partial charge on any atom is 0.261 e. The normalized spacial score (nSPS) is 15.5. The van der Waals surface area contributed by atoms with E-state index in [0.29, 0.717) is 29.1 Å². The largest absolute Gasteiger partial charge is 0.483 e. The number of amides is 2. The minimum atomic E-state index is -0.381. The van der Waals surface area contributed by atoms with Crippen molar-refractivity contribution in [1.82, 2.24) is 4.90 Å². The molecule has 7 heteroatoms. The lowest BCUT2D eigenvalue weighted by Gasteiger charge is -2.24. The van der Waals surface area contributed by atoms with Crippen LogP contribution in [0.15, 0.2) is 78.9 Å². The summed E-state index contributed by atoms with van der Waals surface area (Å²) in [7, 11) is 0. The van der Waals surface area contributed by atoms with Gasteiger partial charge in [0.05, 0.1) is 5.56 Å². The smallest absolute Gasteiger partial charge is 0.261 e. The number of halogens is 1. The summed E-state index contributed by atoms with van der Waals surface area (Å²) < 4.78 is 20.0. The minimum absolute atomic E-state index is 0.235. The van der Waals surface area contributed by atoms with Crippen molar-refractivity contribution in [2.45, 2.75) is 5.37 Å². The molecule has 1 N–H and O–H groups in total. The van der Waals surface area contributed by atoms with Crippen LogP contribution in [0.3, 0.4) is 0 Å². The molecule has 0 saturated carbocycles. The first-order valence-corrected chi connectivity index (χ1v) is 10.9. The fourth-order valence-electron chi connectivity index (χ4n) is 3.38. The van der Waals surface area contributed by atoms with Crippen LogP contribution in [0.2, 0.25) is 0 Å². The van der Waals surface area contributed by atoms with E-state index in [-0.39, 0.29) is 29.6 Å². The highest BCUT2D eigenvalue weighted by Gasteiger charge is 2.32. The molecule has 1 fully saturated rings. The average molecular weight is 437 g/mol. The number of anilines is 1.